The molecule has 0 amide bonds. The standard InChI is InChI=1S/C15H14ClN5/c1-11-17-7-5-13(20-11)10-18-14-9-12(16)3-4-15(14)21-8-2-6-19-21/h2-9,18H,10H2,1H3. The van der Waals surface area contributed by atoms with Crippen LogP contribution in [0.1, 0.15) is 11.5 Å². The first-order valence-electron chi connectivity index (χ1n) is 6.54. The van der Waals surface area contributed by atoms with Gasteiger partial charge in [0, 0.05) is 23.6 Å². The number of nitrogens with one attached hydrogen (secondary N) is 1. The van der Waals surface area contributed by atoms with Crippen molar-refractivity contribution in [3.63, 3.8) is 0 Å². The van der Waals surface area contributed by atoms with E-state index >= 15 is 0 Å². The van der Waals surface area contributed by atoms with Gasteiger partial charge in [0.2, 0.25) is 0 Å². The molecule has 0 bridgehead atoms. The summed E-state index contributed by atoms with van der Waals surface area (Å²) in [5.74, 6) is 0.757. The number of aryl methyl sites for hydroxylation is 1. The first-order valence-corrected chi connectivity index (χ1v) is 6.92. The van der Waals surface area contributed by atoms with Crippen molar-refractivity contribution in [1.29, 1.82) is 0 Å². The summed E-state index contributed by atoms with van der Waals surface area (Å²) in [6.07, 6.45) is 5.39. The number of halogens is 1. The van der Waals surface area contributed by atoms with Gasteiger partial charge in [0.1, 0.15) is 5.82 Å². The van der Waals surface area contributed by atoms with Crippen LogP contribution in [0.4, 0.5) is 5.69 Å². The Morgan fingerprint density at radius 2 is 2.14 bits per heavy atom. The predicted octanol–water partition coefficient (Wildman–Crippen LogP) is 3.24. The van der Waals surface area contributed by atoms with Gasteiger partial charge in [0.15, 0.2) is 0 Å². The van der Waals surface area contributed by atoms with E-state index < -0.39 is 0 Å². The minimum Gasteiger partial charge on any atom is -0.378 e. The fraction of sp³-hybridized carbons (Fsp3) is 0.133. The summed E-state index contributed by atoms with van der Waals surface area (Å²) in [5.41, 5.74) is 2.77. The molecule has 1 aromatic carbocycles. The third-order valence-electron chi connectivity index (χ3n) is 3.00. The summed E-state index contributed by atoms with van der Waals surface area (Å²) in [4.78, 5) is 8.47. The average molecular weight is 300 g/mol. The van der Waals surface area contributed by atoms with Crippen LogP contribution in [0.5, 0.6) is 0 Å². The Kier molecular flexibility index (Phi) is 3.83. The largest absolute Gasteiger partial charge is 0.378 e. The molecule has 3 rings (SSSR count). The van der Waals surface area contributed by atoms with E-state index in [4.69, 9.17) is 11.6 Å². The van der Waals surface area contributed by atoms with E-state index in [1.165, 1.54) is 0 Å². The van der Waals surface area contributed by atoms with Crippen LogP contribution in [0.25, 0.3) is 5.69 Å². The van der Waals surface area contributed by atoms with E-state index in [9.17, 15) is 0 Å². The highest BCUT2D eigenvalue weighted by molar-refractivity contribution is 6.31. The molecule has 6 heteroatoms. The minimum atomic E-state index is 0.595. The molecule has 0 aliphatic rings. The highest BCUT2D eigenvalue weighted by atomic mass is 35.5. The van der Waals surface area contributed by atoms with E-state index in [0.29, 0.717) is 11.6 Å². The van der Waals surface area contributed by atoms with Gasteiger partial charge in [-0.3, -0.25) is 0 Å². The van der Waals surface area contributed by atoms with E-state index in [1.54, 1.807) is 17.1 Å². The average Bonchev–Trinajstić information content (AvgIpc) is 2.99. The highest BCUT2D eigenvalue weighted by Gasteiger charge is 2.06. The van der Waals surface area contributed by atoms with Gasteiger partial charge in [-0.15, -0.1) is 0 Å². The topological polar surface area (TPSA) is 55.6 Å². The molecule has 0 atom stereocenters. The zero-order chi connectivity index (χ0) is 14.7. The third kappa shape index (κ3) is 3.20. The Hall–Kier alpha value is -2.40. The van der Waals surface area contributed by atoms with Crippen LogP contribution in [0, 0.1) is 6.92 Å². The molecule has 0 aliphatic carbocycles. The first kappa shape index (κ1) is 13.6. The molecule has 0 saturated heterocycles. The molecule has 3 aromatic rings. The highest BCUT2D eigenvalue weighted by Crippen LogP contribution is 2.24. The summed E-state index contributed by atoms with van der Waals surface area (Å²) in [6, 6.07) is 9.43. The van der Waals surface area contributed by atoms with E-state index in [2.05, 4.69) is 20.4 Å². The lowest BCUT2D eigenvalue weighted by atomic mass is 10.2. The van der Waals surface area contributed by atoms with Gasteiger partial charge in [-0.1, -0.05) is 11.6 Å². The Labute approximate surface area is 127 Å². The SMILES string of the molecule is Cc1nccc(CNc2cc(Cl)ccc2-n2cccn2)n1. The van der Waals surface area contributed by atoms with Crippen LogP contribution in [-0.4, -0.2) is 19.7 Å². The predicted molar refractivity (Wildman–Crippen MR) is 82.7 cm³/mol. The van der Waals surface area contributed by atoms with Crippen LogP contribution in [0.15, 0.2) is 48.9 Å². The van der Waals surface area contributed by atoms with Gasteiger partial charge in [-0.25, -0.2) is 14.6 Å². The number of benzene rings is 1. The molecule has 1 N–H and O–H groups in total. The van der Waals surface area contributed by atoms with Crippen molar-refractivity contribution in [3.05, 3.63) is 65.5 Å². The Morgan fingerprint density at radius 3 is 2.90 bits per heavy atom. The van der Waals surface area contributed by atoms with E-state index in [0.717, 1.165) is 22.9 Å². The van der Waals surface area contributed by atoms with Crippen LogP contribution in [0.3, 0.4) is 0 Å². The van der Waals surface area contributed by atoms with Crippen molar-refractivity contribution in [3.8, 4) is 5.69 Å². The van der Waals surface area contributed by atoms with Crippen molar-refractivity contribution >= 4 is 17.3 Å². The van der Waals surface area contributed by atoms with E-state index in [1.807, 2.05) is 43.5 Å². The molecular formula is C15H14ClN5. The normalized spacial score (nSPS) is 10.6. The Morgan fingerprint density at radius 1 is 1.24 bits per heavy atom. The van der Waals surface area contributed by atoms with Crippen molar-refractivity contribution < 1.29 is 0 Å². The number of hydrogen-bond donors (Lipinski definition) is 1. The maximum absolute atomic E-state index is 6.09. The number of aromatic nitrogens is 4. The number of hydrogen-bond acceptors (Lipinski definition) is 4. The summed E-state index contributed by atoms with van der Waals surface area (Å²) in [7, 11) is 0. The molecule has 21 heavy (non-hydrogen) atoms. The lowest BCUT2D eigenvalue weighted by Gasteiger charge is -2.12. The van der Waals surface area contributed by atoms with Gasteiger partial charge in [0.05, 0.1) is 23.6 Å². The van der Waals surface area contributed by atoms with Gasteiger partial charge in [-0.2, -0.15) is 5.10 Å². The fourth-order valence-corrected chi connectivity index (χ4v) is 2.22. The van der Waals surface area contributed by atoms with Crippen LogP contribution in [0.2, 0.25) is 5.02 Å². The van der Waals surface area contributed by atoms with Crippen molar-refractivity contribution in [1.82, 2.24) is 19.7 Å². The van der Waals surface area contributed by atoms with E-state index in [-0.39, 0.29) is 0 Å². The van der Waals surface area contributed by atoms with Gasteiger partial charge in [-0.05, 0) is 37.3 Å². The van der Waals surface area contributed by atoms with Crippen molar-refractivity contribution in [2.45, 2.75) is 13.5 Å². The monoisotopic (exact) mass is 299 g/mol. The summed E-state index contributed by atoms with van der Waals surface area (Å²) in [6.45, 7) is 2.47. The number of rotatable bonds is 4. The third-order valence-corrected chi connectivity index (χ3v) is 3.24. The Bertz CT molecular complexity index is 740. The minimum absolute atomic E-state index is 0.595. The molecule has 0 spiro atoms. The summed E-state index contributed by atoms with van der Waals surface area (Å²) < 4.78 is 1.80. The smallest absolute Gasteiger partial charge is 0.125 e. The van der Waals surface area contributed by atoms with Crippen molar-refractivity contribution in [2.75, 3.05) is 5.32 Å². The molecular weight excluding hydrogens is 286 g/mol. The summed E-state index contributed by atoms with van der Waals surface area (Å²) in [5, 5.41) is 8.28. The maximum Gasteiger partial charge on any atom is 0.125 e. The zero-order valence-electron chi connectivity index (χ0n) is 11.5. The van der Waals surface area contributed by atoms with Crippen LogP contribution < -0.4 is 5.32 Å². The van der Waals surface area contributed by atoms with Gasteiger partial charge >= 0.3 is 0 Å². The second-order valence-electron chi connectivity index (χ2n) is 4.56. The Balaban J connectivity index is 1.86. The second kappa shape index (κ2) is 5.93. The second-order valence-corrected chi connectivity index (χ2v) is 5.00. The molecule has 0 radical (unpaired) electrons. The van der Waals surface area contributed by atoms with Gasteiger partial charge in [0.25, 0.3) is 0 Å². The van der Waals surface area contributed by atoms with Crippen LogP contribution >= 0.6 is 11.6 Å². The lowest BCUT2D eigenvalue weighted by Crippen LogP contribution is -2.06. The molecule has 0 aliphatic heterocycles. The maximum atomic E-state index is 6.09. The van der Waals surface area contributed by atoms with Crippen molar-refractivity contribution in [2.24, 2.45) is 0 Å². The summed E-state index contributed by atoms with van der Waals surface area (Å²) >= 11 is 6.09. The molecule has 0 fully saturated rings. The quantitative estimate of drug-likeness (QED) is 0.803. The molecule has 5 nitrogen and oxygen atoms in total. The zero-order valence-corrected chi connectivity index (χ0v) is 12.2. The molecule has 0 unspecified atom stereocenters. The van der Waals surface area contributed by atoms with Crippen LogP contribution in [-0.2, 0) is 6.54 Å². The lowest BCUT2D eigenvalue weighted by molar-refractivity contribution is 0.877. The molecule has 2 heterocycles. The number of nitrogens with zero attached hydrogens (tertiary/aromatic N) is 4. The molecule has 0 saturated carbocycles. The molecule has 2 aromatic heterocycles. The molecule has 106 valence electrons. The van der Waals surface area contributed by atoms with Gasteiger partial charge < -0.3 is 5.32 Å². The first-order chi connectivity index (χ1) is 10.2. The number of anilines is 1. The fourth-order valence-electron chi connectivity index (χ4n) is 2.05.